The zero-order valence-corrected chi connectivity index (χ0v) is 9.19. The Bertz CT molecular complexity index is 296. The maximum Gasteiger partial charge on any atom is 0.237 e. The number of amides is 1. The molecule has 0 spiro atoms. The second-order valence-corrected chi connectivity index (χ2v) is 3.64. The van der Waals surface area contributed by atoms with Crippen LogP contribution in [0.1, 0.15) is 38.5 Å². The molecule has 1 unspecified atom stereocenters. The number of carbonyl (C=O) groups excluding carboxylic acids is 1. The third kappa shape index (κ3) is 3.40. The molecule has 0 saturated carbocycles. The first-order valence-electron chi connectivity index (χ1n) is 5.24. The highest BCUT2D eigenvalue weighted by Gasteiger charge is 2.16. The van der Waals surface area contributed by atoms with Gasteiger partial charge in [-0.1, -0.05) is 13.3 Å². The summed E-state index contributed by atoms with van der Waals surface area (Å²) in [7, 11) is 0. The lowest BCUT2D eigenvalue weighted by Gasteiger charge is -2.15. The summed E-state index contributed by atoms with van der Waals surface area (Å²) in [6.07, 6.45) is 3.20. The van der Waals surface area contributed by atoms with Crippen molar-refractivity contribution < 1.29 is 9.21 Å². The minimum absolute atomic E-state index is 0.124. The van der Waals surface area contributed by atoms with E-state index in [1.54, 1.807) is 12.3 Å². The molecule has 1 aromatic heterocycles. The van der Waals surface area contributed by atoms with Crippen molar-refractivity contribution in [2.45, 2.75) is 38.8 Å². The Morgan fingerprint density at radius 1 is 1.67 bits per heavy atom. The van der Waals surface area contributed by atoms with Crippen LogP contribution < -0.4 is 11.1 Å². The molecule has 15 heavy (non-hydrogen) atoms. The van der Waals surface area contributed by atoms with E-state index >= 15 is 0 Å². The van der Waals surface area contributed by atoms with Crippen LogP contribution in [0.3, 0.4) is 0 Å². The first-order chi connectivity index (χ1) is 7.15. The Hall–Kier alpha value is -1.29. The molecule has 4 nitrogen and oxygen atoms in total. The molecule has 0 aliphatic heterocycles. The summed E-state index contributed by atoms with van der Waals surface area (Å²) in [6, 6.07) is 3.07. The van der Waals surface area contributed by atoms with Gasteiger partial charge in [-0.15, -0.1) is 0 Å². The van der Waals surface area contributed by atoms with Crippen molar-refractivity contribution >= 4 is 5.91 Å². The van der Waals surface area contributed by atoms with E-state index in [1.165, 1.54) is 0 Å². The predicted octanol–water partition coefficient (Wildman–Crippen LogP) is 1.58. The smallest absolute Gasteiger partial charge is 0.237 e. The Balaban J connectivity index is 2.44. The van der Waals surface area contributed by atoms with Gasteiger partial charge in [0.15, 0.2) is 0 Å². The Morgan fingerprint density at radius 3 is 2.93 bits per heavy atom. The summed E-state index contributed by atoms with van der Waals surface area (Å²) in [5.74, 6) is 0.618. The zero-order valence-electron chi connectivity index (χ0n) is 9.19. The minimum atomic E-state index is -0.424. The molecule has 0 aliphatic carbocycles. The average molecular weight is 210 g/mol. The molecule has 0 fully saturated rings. The fourth-order valence-electron chi connectivity index (χ4n) is 1.37. The Kier molecular flexibility index (Phi) is 4.37. The summed E-state index contributed by atoms with van der Waals surface area (Å²) in [5, 5.41) is 2.81. The molecule has 1 amide bonds. The van der Waals surface area contributed by atoms with Gasteiger partial charge >= 0.3 is 0 Å². The van der Waals surface area contributed by atoms with E-state index in [1.807, 2.05) is 19.9 Å². The van der Waals surface area contributed by atoms with Gasteiger partial charge in [-0.25, -0.2) is 0 Å². The largest absolute Gasteiger partial charge is 0.467 e. The van der Waals surface area contributed by atoms with Crippen molar-refractivity contribution in [3.8, 4) is 0 Å². The SMILES string of the molecule is CCC[C@H](N)C(=O)NC(C)c1ccco1. The van der Waals surface area contributed by atoms with Crippen LogP contribution in [-0.4, -0.2) is 11.9 Å². The van der Waals surface area contributed by atoms with Crippen molar-refractivity contribution in [1.29, 1.82) is 0 Å². The molecular formula is C11H18N2O2. The number of carbonyl (C=O) groups is 1. The van der Waals surface area contributed by atoms with Crippen molar-refractivity contribution in [2.75, 3.05) is 0 Å². The number of hydrogen-bond acceptors (Lipinski definition) is 3. The van der Waals surface area contributed by atoms with Crippen molar-refractivity contribution in [2.24, 2.45) is 5.73 Å². The average Bonchev–Trinajstić information content (AvgIpc) is 2.70. The minimum Gasteiger partial charge on any atom is -0.467 e. The molecule has 0 bridgehead atoms. The highest BCUT2D eigenvalue weighted by molar-refractivity contribution is 5.81. The van der Waals surface area contributed by atoms with Crippen LogP contribution in [0.15, 0.2) is 22.8 Å². The molecule has 0 saturated heterocycles. The summed E-state index contributed by atoms with van der Waals surface area (Å²) < 4.78 is 5.18. The van der Waals surface area contributed by atoms with Gasteiger partial charge in [-0.3, -0.25) is 4.79 Å². The molecule has 0 aromatic carbocycles. The van der Waals surface area contributed by atoms with Crippen molar-refractivity contribution in [3.05, 3.63) is 24.2 Å². The van der Waals surface area contributed by atoms with Crippen LogP contribution in [0.4, 0.5) is 0 Å². The number of furan rings is 1. The van der Waals surface area contributed by atoms with Crippen LogP contribution >= 0.6 is 0 Å². The van der Waals surface area contributed by atoms with E-state index in [-0.39, 0.29) is 11.9 Å². The van der Waals surface area contributed by atoms with E-state index in [0.717, 1.165) is 12.2 Å². The first-order valence-corrected chi connectivity index (χ1v) is 5.24. The molecule has 1 aromatic rings. The van der Waals surface area contributed by atoms with Gasteiger partial charge in [0.25, 0.3) is 0 Å². The molecule has 4 heteroatoms. The van der Waals surface area contributed by atoms with E-state index in [2.05, 4.69) is 5.32 Å². The molecule has 1 heterocycles. The second-order valence-electron chi connectivity index (χ2n) is 3.64. The lowest BCUT2D eigenvalue weighted by molar-refractivity contribution is -0.123. The number of nitrogens with one attached hydrogen (secondary N) is 1. The fourth-order valence-corrected chi connectivity index (χ4v) is 1.37. The maximum absolute atomic E-state index is 11.6. The molecule has 84 valence electrons. The zero-order chi connectivity index (χ0) is 11.3. The third-order valence-electron chi connectivity index (χ3n) is 2.27. The predicted molar refractivity (Wildman–Crippen MR) is 58.1 cm³/mol. The Morgan fingerprint density at radius 2 is 2.40 bits per heavy atom. The highest BCUT2D eigenvalue weighted by atomic mass is 16.3. The summed E-state index contributed by atoms with van der Waals surface area (Å²) in [6.45, 7) is 3.87. The van der Waals surface area contributed by atoms with Crippen molar-refractivity contribution in [1.82, 2.24) is 5.32 Å². The van der Waals surface area contributed by atoms with Crippen LogP contribution in [0.5, 0.6) is 0 Å². The molecule has 2 atom stereocenters. The highest BCUT2D eigenvalue weighted by Crippen LogP contribution is 2.12. The second kappa shape index (κ2) is 5.56. The molecule has 0 aliphatic rings. The molecule has 3 N–H and O–H groups in total. The van der Waals surface area contributed by atoms with Gasteiger partial charge in [-0.2, -0.15) is 0 Å². The Labute approximate surface area is 89.8 Å². The molecule has 0 radical (unpaired) electrons. The number of nitrogens with two attached hydrogens (primary N) is 1. The number of hydrogen-bond donors (Lipinski definition) is 2. The normalized spacial score (nSPS) is 14.6. The monoisotopic (exact) mass is 210 g/mol. The van der Waals surface area contributed by atoms with E-state index in [0.29, 0.717) is 6.42 Å². The van der Waals surface area contributed by atoms with Crippen LogP contribution in [0.2, 0.25) is 0 Å². The lowest BCUT2D eigenvalue weighted by atomic mass is 10.1. The van der Waals surface area contributed by atoms with E-state index in [9.17, 15) is 4.79 Å². The quantitative estimate of drug-likeness (QED) is 0.775. The van der Waals surface area contributed by atoms with E-state index in [4.69, 9.17) is 10.2 Å². The first kappa shape index (κ1) is 11.8. The van der Waals surface area contributed by atoms with Gasteiger partial charge < -0.3 is 15.5 Å². The third-order valence-corrected chi connectivity index (χ3v) is 2.27. The van der Waals surface area contributed by atoms with Gasteiger partial charge in [-0.05, 0) is 25.5 Å². The fraction of sp³-hybridized carbons (Fsp3) is 0.545. The summed E-state index contributed by atoms with van der Waals surface area (Å²) >= 11 is 0. The topological polar surface area (TPSA) is 68.3 Å². The van der Waals surface area contributed by atoms with Gasteiger partial charge in [0.2, 0.25) is 5.91 Å². The lowest BCUT2D eigenvalue weighted by Crippen LogP contribution is -2.41. The van der Waals surface area contributed by atoms with E-state index < -0.39 is 6.04 Å². The van der Waals surface area contributed by atoms with Crippen molar-refractivity contribution in [3.63, 3.8) is 0 Å². The van der Waals surface area contributed by atoms with Gasteiger partial charge in [0, 0.05) is 0 Å². The standard InChI is InChI=1S/C11H18N2O2/c1-3-5-9(12)11(14)13-8(2)10-6-4-7-15-10/h4,6-9H,3,5,12H2,1-2H3,(H,13,14)/t8?,9-/m0/s1. The van der Waals surface area contributed by atoms with Crippen LogP contribution in [-0.2, 0) is 4.79 Å². The van der Waals surface area contributed by atoms with Gasteiger partial charge in [0.05, 0.1) is 18.3 Å². The van der Waals surface area contributed by atoms with Crippen LogP contribution in [0.25, 0.3) is 0 Å². The number of rotatable bonds is 5. The maximum atomic E-state index is 11.6. The summed E-state index contributed by atoms with van der Waals surface area (Å²) in [5.41, 5.74) is 5.69. The molecular weight excluding hydrogens is 192 g/mol. The van der Waals surface area contributed by atoms with Gasteiger partial charge in [0.1, 0.15) is 5.76 Å². The molecule has 1 rings (SSSR count). The summed E-state index contributed by atoms with van der Waals surface area (Å²) in [4.78, 5) is 11.6. The van der Waals surface area contributed by atoms with Crippen LogP contribution in [0, 0.1) is 0 Å².